The van der Waals surface area contributed by atoms with Crippen molar-refractivity contribution >= 4 is 40.3 Å². The highest BCUT2D eigenvalue weighted by Crippen LogP contribution is 2.34. The second-order valence-electron chi connectivity index (χ2n) is 11.4. The number of pyridine rings is 2. The van der Waals surface area contributed by atoms with E-state index in [1.165, 1.54) is 24.5 Å². The van der Waals surface area contributed by atoms with Gasteiger partial charge in [-0.2, -0.15) is 0 Å². The summed E-state index contributed by atoms with van der Waals surface area (Å²) in [6, 6.07) is 8.64. The quantitative estimate of drug-likeness (QED) is 0.182. The van der Waals surface area contributed by atoms with Crippen LogP contribution < -0.4 is 10.0 Å². The Balaban J connectivity index is 1.96. The number of halogens is 3. The summed E-state index contributed by atoms with van der Waals surface area (Å²) in [4.78, 5) is 17.8. The molecule has 14 heteroatoms. The molecule has 0 bridgehead atoms. The highest BCUT2D eigenvalue weighted by atomic mass is 35.5. The molecule has 4 aromatic rings. The molecule has 0 aliphatic heterocycles. The average molecular weight is 645 g/mol. The van der Waals surface area contributed by atoms with Crippen LogP contribution in [0.15, 0.2) is 42.5 Å². The molecule has 0 aliphatic carbocycles. The number of carbonyl (C=O) groups is 1. The molecule has 10 nitrogen and oxygen atoms in total. The number of alkyl carbamates (subject to hydrolysis) is 1. The summed E-state index contributed by atoms with van der Waals surface area (Å²) >= 11 is 6.47. The van der Waals surface area contributed by atoms with E-state index in [2.05, 4.69) is 32.1 Å². The number of anilines is 1. The monoisotopic (exact) mass is 644 g/mol. The van der Waals surface area contributed by atoms with Gasteiger partial charge in [0.1, 0.15) is 44.7 Å². The van der Waals surface area contributed by atoms with Crippen molar-refractivity contribution in [3.05, 3.63) is 76.2 Å². The van der Waals surface area contributed by atoms with Gasteiger partial charge in [-0.1, -0.05) is 17.5 Å². The van der Waals surface area contributed by atoms with E-state index in [0.717, 1.165) is 18.2 Å². The van der Waals surface area contributed by atoms with Crippen LogP contribution in [0.2, 0.25) is 5.15 Å². The van der Waals surface area contributed by atoms with Gasteiger partial charge in [-0.05, 0) is 88.9 Å². The summed E-state index contributed by atoms with van der Waals surface area (Å²) in [7, 11) is -1.48. The molecule has 0 fully saturated rings. The van der Waals surface area contributed by atoms with E-state index in [1.54, 1.807) is 45.0 Å². The van der Waals surface area contributed by atoms with E-state index in [4.69, 9.17) is 21.3 Å². The third-order valence-corrected chi connectivity index (χ3v) is 6.60. The zero-order valence-electron chi connectivity index (χ0n) is 24.8. The fourth-order valence-electron chi connectivity index (χ4n) is 4.25. The van der Waals surface area contributed by atoms with Gasteiger partial charge in [0.15, 0.2) is 5.65 Å². The molecule has 44 heavy (non-hydrogen) atoms. The minimum Gasteiger partial charge on any atom is -0.444 e. The molecule has 0 saturated carbocycles. The van der Waals surface area contributed by atoms with Crippen molar-refractivity contribution in [3.63, 3.8) is 0 Å². The second-order valence-corrected chi connectivity index (χ2v) is 12.9. The highest BCUT2D eigenvalue weighted by molar-refractivity contribution is 7.85. The van der Waals surface area contributed by atoms with E-state index in [-0.39, 0.29) is 40.1 Å². The molecule has 0 saturated heterocycles. The maximum atomic E-state index is 14.2. The molecular weight excluding hydrogens is 614 g/mol. The molecule has 232 valence electrons. The van der Waals surface area contributed by atoms with Crippen LogP contribution >= 0.6 is 11.6 Å². The van der Waals surface area contributed by atoms with Crippen LogP contribution in [-0.4, -0.2) is 52.4 Å². The molecule has 0 spiro atoms. The lowest BCUT2D eigenvalue weighted by Gasteiger charge is -2.25. The van der Waals surface area contributed by atoms with E-state index in [9.17, 15) is 22.9 Å². The SMILES string of the molecule is CS(=O)Nc1nnc2c(-c3ccc(C#CC(C)(C)O)nc3C(Cc3cc(F)cc(F)c3)NC(=O)OC(C)(C)C)ccc(Cl)n12. The Morgan fingerprint density at radius 2 is 1.75 bits per heavy atom. The first kappa shape index (κ1) is 32.8. The standard InChI is InChI=1S/C30H31ClF2N6O4S/c1-29(2,3)43-28(40)35-23(15-17-13-18(32)16-19(33)14-17)25-21(8-7-20(34-25)11-12-30(4,5)41)22-9-10-24(31)39-26(22)36-37-27(39)38-44(6)42/h7-10,13-14,16,23,41H,15H2,1-6H3,(H,35,40)(H,37,38). The zero-order valence-corrected chi connectivity index (χ0v) is 26.4. The molecule has 3 heterocycles. The molecule has 2 atom stereocenters. The summed E-state index contributed by atoms with van der Waals surface area (Å²) < 4.78 is 50.0. The molecule has 4 rings (SSSR count). The highest BCUT2D eigenvalue weighted by Gasteiger charge is 2.27. The van der Waals surface area contributed by atoms with Crippen LogP contribution in [0.3, 0.4) is 0 Å². The third-order valence-electron chi connectivity index (χ3n) is 5.83. The third kappa shape index (κ3) is 8.49. The number of rotatable bonds is 7. The Morgan fingerprint density at radius 1 is 1.09 bits per heavy atom. The van der Waals surface area contributed by atoms with Crippen molar-refractivity contribution in [1.29, 1.82) is 0 Å². The van der Waals surface area contributed by atoms with Gasteiger partial charge in [-0.15, -0.1) is 10.2 Å². The van der Waals surface area contributed by atoms with E-state index in [1.807, 2.05) is 0 Å². The fourth-order valence-corrected chi connectivity index (χ4v) is 4.86. The summed E-state index contributed by atoms with van der Waals surface area (Å²) in [5.41, 5.74) is -0.214. The Hall–Kier alpha value is -4.12. The largest absolute Gasteiger partial charge is 0.444 e. The molecule has 1 aromatic carbocycles. The summed E-state index contributed by atoms with van der Waals surface area (Å²) in [6.07, 6.45) is 0.547. The number of nitrogens with zero attached hydrogens (tertiary/aromatic N) is 4. The normalized spacial score (nSPS) is 13.1. The van der Waals surface area contributed by atoms with Gasteiger partial charge in [0.05, 0.1) is 11.7 Å². The smallest absolute Gasteiger partial charge is 0.408 e. The van der Waals surface area contributed by atoms with Crippen molar-refractivity contribution in [2.24, 2.45) is 0 Å². The molecular formula is C30H31ClF2N6O4S. The number of amides is 1. The minimum atomic E-state index is -1.48. The second kappa shape index (κ2) is 12.9. The molecule has 0 aliphatic rings. The van der Waals surface area contributed by atoms with Crippen molar-refractivity contribution in [2.45, 2.75) is 58.3 Å². The number of hydrogen-bond acceptors (Lipinski definition) is 7. The topological polar surface area (TPSA) is 131 Å². The van der Waals surface area contributed by atoms with E-state index >= 15 is 0 Å². The zero-order chi connectivity index (χ0) is 32.4. The predicted octanol–water partition coefficient (Wildman–Crippen LogP) is 5.36. The number of carbonyl (C=O) groups excluding carboxylic acids is 1. The molecule has 0 radical (unpaired) electrons. The van der Waals surface area contributed by atoms with Crippen LogP contribution in [0, 0.1) is 23.5 Å². The van der Waals surface area contributed by atoms with Crippen LogP contribution in [0.4, 0.5) is 19.5 Å². The van der Waals surface area contributed by atoms with Crippen molar-refractivity contribution < 1.29 is 27.6 Å². The Bertz CT molecular complexity index is 1790. The van der Waals surface area contributed by atoms with Crippen LogP contribution in [0.5, 0.6) is 0 Å². The van der Waals surface area contributed by atoms with Gasteiger partial charge in [-0.3, -0.25) is 4.72 Å². The number of aliphatic hydroxyl groups is 1. The number of ether oxygens (including phenoxy) is 1. The summed E-state index contributed by atoms with van der Waals surface area (Å²) in [5, 5.41) is 21.5. The number of benzene rings is 1. The summed E-state index contributed by atoms with van der Waals surface area (Å²) in [5.74, 6) is 4.10. The number of hydrogen-bond donors (Lipinski definition) is 3. The van der Waals surface area contributed by atoms with Gasteiger partial charge in [-0.25, -0.2) is 27.2 Å². The number of nitrogens with one attached hydrogen (secondary N) is 2. The first-order chi connectivity index (χ1) is 20.5. The van der Waals surface area contributed by atoms with Gasteiger partial charge >= 0.3 is 6.09 Å². The van der Waals surface area contributed by atoms with Crippen molar-refractivity contribution in [1.82, 2.24) is 24.9 Å². The number of aromatic nitrogens is 4. The lowest BCUT2D eigenvalue weighted by Crippen LogP contribution is -2.36. The maximum absolute atomic E-state index is 14.2. The lowest BCUT2D eigenvalue weighted by atomic mass is 9.95. The first-order valence-corrected chi connectivity index (χ1v) is 15.3. The number of fused-ring (bicyclic) bond motifs is 1. The minimum absolute atomic E-state index is 0.0888. The van der Waals surface area contributed by atoms with Crippen LogP contribution in [0.25, 0.3) is 16.8 Å². The average Bonchev–Trinajstić information content (AvgIpc) is 3.29. The van der Waals surface area contributed by atoms with Gasteiger partial charge in [0, 0.05) is 23.4 Å². The van der Waals surface area contributed by atoms with Gasteiger partial charge in [0.25, 0.3) is 0 Å². The van der Waals surface area contributed by atoms with Crippen molar-refractivity contribution in [2.75, 3.05) is 11.0 Å². The van der Waals surface area contributed by atoms with Gasteiger partial charge < -0.3 is 15.2 Å². The summed E-state index contributed by atoms with van der Waals surface area (Å²) in [6.45, 7) is 8.14. The lowest BCUT2D eigenvalue weighted by molar-refractivity contribution is 0.0502. The van der Waals surface area contributed by atoms with Gasteiger partial charge in [0.2, 0.25) is 5.95 Å². The van der Waals surface area contributed by atoms with E-state index in [0.29, 0.717) is 11.1 Å². The van der Waals surface area contributed by atoms with Crippen LogP contribution in [0.1, 0.15) is 57.6 Å². The Labute approximate surface area is 260 Å². The molecule has 1 amide bonds. The molecule has 2 unspecified atom stereocenters. The predicted molar refractivity (Wildman–Crippen MR) is 164 cm³/mol. The Kier molecular flexibility index (Phi) is 9.58. The molecule has 3 N–H and O–H groups in total. The maximum Gasteiger partial charge on any atom is 0.408 e. The molecule has 3 aromatic heterocycles. The van der Waals surface area contributed by atoms with Crippen LogP contribution in [-0.2, 0) is 22.1 Å². The first-order valence-electron chi connectivity index (χ1n) is 13.3. The fraction of sp³-hybridized carbons (Fsp3) is 0.333. The Morgan fingerprint density at radius 3 is 2.36 bits per heavy atom. The van der Waals surface area contributed by atoms with Crippen molar-refractivity contribution in [3.8, 4) is 23.0 Å². The van der Waals surface area contributed by atoms with E-state index < -0.39 is 46.0 Å².